The third-order valence-corrected chi connectivity index (χ3v) is 2.96. The summed E-state index contributed by atoms with van der Waals surface area (Å²) in [5, 5.41) is 9.80. The Balaban J connectivity index is 2.36. The summed E-state index contributed by atoms with van der Waals surface area (Å²) < 4.78 is 5.54. The molecular weight excluding hydrogens is 271 g/mol. The molecule has 3 nitrogen and oxygen atoms in total. The maximum Gasteiger partial charge on any atom is 0.237 e. The molecule has 0 aliphatic carbocycles. The molecule has 0 saturated carbocycles. The van der Waals surface area contributed by atoms with E-state index in [0.29, 0.717) is 21.4 Å². The number of halogens is 2. The number of nitrogens with zero attached hydrogens (tertiary/aromatic N) is 2. The molecule has 0 fully saturated rings. The minimum atomic E-state index is 0.260. The molecule has 1 heterocycles. The molecule has 0 radical (unpaired) electrons. The van der Waals surface area contributed by atoms with Gasteiger partial charge in [-0.3, -0.25) is 0 Å². The predicted octanol–water partition coefficient (Wildman–Crippen LogP) is 4.36. The van der Waals surface area contributed by atoms with Crippen LogP contribution in [-0.4, -0.2) is 4.98 Å². The van der Waals surface area contributed by atoms with Gasteiger partial charge in [0.2, 0.25) is 5.88 Å². The van der Waals surface area contributed by atoms with Gasteiger partial charge in [0.15, 0.2) is 0 Å². The van der Waals surface area contributed by atoms with E-state index in [-0.39, 0.29) is 5.88 Å². The van der Waals surface area contributed by atoms with Gasteiger partial charge in [-0.05, 0) is 31.2 Å². The third-order valence-electron chi connectivity index (χ3n) is 2.23. The van der Waals surface area contributed by atoms with E-state index in [2.05, 4.69) is 4.98 Å². The van der Waals surface area contributed by atoms with Crippen molar-refractivity contribution >= 4 is 23.2 Å². The van der Waals surface area contributed by atoms with Crippen molar-refractivity contribution in [2.24, 2.45) is 0 Å². The summed E-state index contributed by atoms with van der Waals surface area (Å²) in [6, 6.07) is 10.3. The summed E-state index contributed by atoms with van der Waals surface area (Å²) in [5.74, 6) is 0.745. The Morgan fingerprint density at radius 1 is 1.17 bits per heavy atom. The quantitative estimate of drug-likeness (QED) is 0.820. The second-order valence-electron chi connectivity index (χ2n) is 3.60. The monoisotopic (exact) mass is 278 g/mol. The van der Waals surface area contributed by atoms with Gasteiger partial charge in [-0.25, -0.2) is 4.98 Å². The van der Waals surface area contributed by atoms with Crippen LogP contribution in [0.1, 0.15) is 11.3 Å². The maximum atomic E-state index is 8.97. The molecule has 1 aromatic carbocycles. The van der Waals surface area contributed by atoms with Crippen LogP contribution in [0.2, 0.25) is 10.0 Å². The molecule has 0 aliphatic rings. The van der Waals surface area contributed by atoms with Crippen molar-refractivity contribution in [3.05, 3.63) is 51.6 Å². The van der Waals surface area contributed by atoms with Crippen molar-refractivity contribution in [1.82, 2.24) is 4.98 Å². The summed E-state index contributed by atoms with van der Waals surface area (Å²) >= 11 is 11.7. The minimum Gasteiger partial charge on any atom is -0.438 e. The summed E-state index contributed by atoms with van der Waals surface area (Å²) in [6.07, 6.45) is 0. The Kier molecular flexibility index (Phi) is 3.71. The van der Waals surface area contributed by atoms with Gasteiger partial charge in [0.05, 0.1) is 10.0 Å². The molecular formula is C13H8Cl2N2O. The predicted molar refractivity (Wildman–Crippen MR) is 70.2 cm³/mol. The fraction of sp³-hybridized carbons (Fsp3) is 0.0769. The lowest BCUT2D eigenvalue weighted by Crippen LogP contribution is -1.93. The first kappa shape index (κ1) is 12.7. The van der Waals surface area contributed by atoms with E-state index in [4.69, 9.17) is 33.2 Å². The fourth-order valence-electron chi connectivity index (χ4n) is 1.35. The van der Waals surface area contributed by atoms with Gasteiger partial charge in [-0.15, -0.1) is 0 Å². The molecule has 2 rings (SSSR count). The van der Waals surface area contributed by atoms with E-state index in [1.54, 1.807) is 30.3 Å². The molecule has 18 heavy (non-hydrogen) atoms. The Morgan fingerprint density at radius 3 is 2.61 bits per heavy atom. The number of aryl methyl sites for hydroxylation is 1. The van der Waals surface area contributed by atoms with Crippen LogP contribution in [0.25, 0.3) is 0 Å². The number of hydrogen-bond acceptors (Lipinski definition) is 3. The number of pyridine rings is 1. The Hall–Kier alpha value is -1.76. The van der Waals surface area contributed by atoms with E-state index < -0.39 is 0 Å². The summed E-state index contributed by atoms with van der Waals surface area (Å²) in [6.45, 7) is 1.82. The summed E-state index contributed by atoms with van der Waals surface area (Å²) in [7, 11) is 0. The van der Waals surface area contributed by atoms with Crippen LogP contribution in [0.4, 0.5) is 0 Å². The first-order chi connectivity index (χ1) is 8.60. The van der Waals surface area contributed by atoms with E-state index >= 15 is 0 Å². The zero-order valence-corrected chi connectivity index (χ0v) is 11.0. The smallest absolute Gasteiger partial charge is 0.237 e. The van der Waals surface area contributed by atoms with Crippen molar-refractivity contribution in [1.29, 1.82) is 5.26 Å². The van der Waals surface area contributed by atoms with Gasteiger partial charge >= 0.3 is 0 Å². The highest BCUT2D eigenvalue weighted by molar-refractivity contribution is 6.42. The zero-order valence-electron chi connectivity index (χ0n) is 9.45. The van der Waals surface area contributed by atoms with Gasteiger partial charge in [0.25, 0.3) is 0 Å². The lowest BCUT2D eigenvalue weighted by atomic mass is 10.2. The molecule has 0 atom stereocenters. The maximum absolute atomic E-state index is 8.97. The lowest BCUT2D eigenvalue weighted by molar-refractivity contribution is 0.460. The molecule has 0 N–H and O–H groups in total. The van der Waals surface area contributed by atoms with Gasteiger partial charge < -0.3 is 4.74 Å². The zero-order chi connectivity index (χ0) is 13.1. The van der Waals surface area contributed by atoms with Crippen molar-refractivity contribution in [2.45, 2.75) is 6.92 Å². The van der Waals surface area contributed by atoms with Gasteiger partial charge in [-0.1, -0.05) is 23.2 Å². The van der Waals surface area contributed by atoms with Gasteiger partial charge in [-0.2, -0.15) is 5.26 Å². The molecule has 1 aromatic heterocycles. The summed E-state index contributed by atoms with van der Waals surface area (Å²) in [4.78, 5) is 4.17. The minimum absolute atomic E-state index is 0.260. The van der Waals surface area contributed by atoms with Crippen LogP contribution >= 0.6 is 23.2 Å². The average molecular weight is 279 g/mol. The highest BCUT2D eigenvalue weighted by Crippen LogP contribution is 2.29. The number of rotatable bonds is 2. The molecule has 90 valence electrons. The first-order valence-electron chi connectivity index (χ1n) is 5.11. The second kappa shape index (κ2) is 5.26. The van der Waals surface area contributed by atoms with Crippen molar-refractivity contribution in [2.75, 3.05) is 0 Å². The SMILES string of the molecule is Cc1ccc(C#N)c(Oc2ccc(Cl)c(Cl)c2)n1. The molecule has 0 saturated heterocycles. The van der Waals surface area contributed by atoms with E-state index in [1.807, 2.05) is 13.0 Å². The van der Waals surface area contributed by atoms with Gasteiger partial charge in [0.1, 0.15) is 17.4 Å². The van der Waals surface area contributed by atoms with Crippen molar-refractivity contribution in [3.8, 4) is 17.7 Å². The van der Waals surface area contributed by atoms with E-state index in [9.17, 15) is 0 Å². The van der Waals surface area contributed by atoms with Gasteiger partial charge in [0, 0.05) is 11.8 Å². The summed E-state index contributed by atoms with van der Waals surface area (Å²) in [5.41, 5.74) is 1.13. The standard InChI is InChI=1S/C13H8Cl2N2O/c1-8-2-3-9(7-16)13(17-8)18-10-4-5-11(14)12(15)6-10/h2-6H,1H3. The molecule has 5 heteroatoms. The highest BCUT2D eigenvalue weighted by atomic mass is 35.5. The molecule has 0 bridgehead atoms. The number of hydrogen-bond donors (Lipinski definition) is 0. The lowest BCUT2D eigenvalue weighted by Gasteiger charge is -2.07. The van der Waals surface area contributed by atoms with Crippen LogP contribution in [0, 0.1) is 18.3 Å². The Bertz CT molecular complexity index is 635. The Labute approximate surface area is 115 Å². The average Bonchev–Trinajstić information content (AvgIpc) is 2.34. The van der Waals surface area contributed by atoms with Crippen LogP contribution in [0.15, 0.2) is 30.3 Å². The largest absolute Gasteiger partial charge is 0.438 e. The van der Waals surface area contributed by atoms with Crippen molar-refractivity contribution < 1.29 is 4.74 Å². The number of nitriles is 1. The van der Waals surface area contributed by atoms with Crippen LogP contribution < -0.4 is 4.74 Å². The number of ether oxygens (including phenoxy) is 1. The fourth-order valence-corrected chi connectivity index (χ4v) is 1.64. The molecule has 2 aromatic rings. The number of benzene rings is 1. The molecule has 0 amide bonds. The molecule has 0 spiro atoms. The van der Waals surface area contributed by atoms with Crippen LogP contribution in [-0.2, 0) is 0 Å². The molecule has 0 aliphatic heterocycles. The highest BCUT2D eigenvalue weighted by Gasteiger charge is 2.08. The van der Waals surface area contributed by atoms with E-state index in [1.165, 1.54) is 0 Å². The van der Waals surface area contributed by atoms with E-state index in [0.717, 1.165) is 5.69 Å². The van der Waals surface area contributed by atoms with Crippen molar-refractivity contribution in [3.63, 3.8) is 0 Å². The topological polar surface area (TPSA) is 45.9 Å². The van der Waals surface area contributed by atoms with Crippen LogP contribution in [0.5, 0.6) is 11.6 Å². The van der Waals surface area contributed by atoms with Crippen LogP contribution in [0.3, 0.4) is 0 Å². The molecule has 0 unspecified atom stereocenters. The third kappa shape index (κ3) is 2.73. The second-order valence-corrected chi connectivity index (χ2v) is 4.41. The normalized spacial score (nSPS) is 9.89. The Morgan fingerprint density at radius 2 is 1.94 bits per heavy atom. The number of aromatic nitrogens is 1. The first-order valence-corrected chi connectivity index (χ1v) is 5.86.